The Balaban J connectivity index is 1.46. The van der Waals surface area contributed by atoms with Gasteiger partial charge in [-0.3, -0.25) is 14.4 Å². The highest BCUT2D eigenvalue weighted by molar-refractivity contribution is 5.94. The Morgan fingerprint density at radius 3 is 2.59 bits per heavy atom. The number of rotatable bonds is 6. The monoisotopic (exact) mass is 390 g/mol. The lowest BCUT2D eigenvalue weighted by Gasteiger charge is -2.27. The van der Waals surface area contributed by atoms with Gasteiger partial charge < -0.3 is 10.1 Å². The second-order valence-corrected chi connectivity index (χ2v) is 7.37. The minimum atomic E-state index is -0.114. The standard InChI is InChI=1S/C23H26N4O2/c1-26-21-12-13-27(15-18-8-10-19(29-2)11-9-18)16-20(21)22(25-26)23(28)24-14-17-6-4-3-5-7-17/h3-11H,12-16H2,1-2H3,(H,24,28). The number of benzene rings is 2. The maximum Gasteiger partial charge on any atom is 0.272 e. The normalized spacial score (nSPS) is 13.7. The van der Waals surface area contributed by atoms with Gasteiger partial charge in [0, 0.05) is 50.9 Å². The van der Waals surface area contributed by atoms with E-state index in [4.69, 9.17) is 4.74 Å². The number of aryl methyl sites for hydroxylation is 1. The van der Waals surface area contributed by atoms with Crippen molar-refractivity contribution in [3.63, 3.8) is 0 Å². The van der Waals surface area contributed by atoms with Crippen LogP contribution in [0.25, 0.3) is 0 Å². The summed E-state index contributed by atoms with van der Waals surface area (Å²) in [6, 6.07) is 18.1. The van der Waals surface area contributed by atoms with Crippen LogP contribution in [0.1, 0.15) is 32.9 Å². The summed E-state index contributed by atoms with van der Waals surface area (Å²) >= 11 is 0. The van der Waals surface area contributed by atoms with Crippen LogP contribution in [-0.2, 0) is 33.1 Å². The molecule has 3 aromatic rings. The lowest BCUT2D eigenvalue weighted by molar-refractivity contribution is 0.0943. The molecular formula is C23H26N4O2. The molecule has 0 aliphatic carbocycles. The first-order chi connectivity index (χ1) is 14.1. The first-order valence-corrected chi connectivity index (χ1v) is 9.86. The minimum absolute atomic E-state index is 0.114. The minimum Gasteiger partial charge on any atom is -0.497 e. The van der Waals surface area contributed by atoms with Gasteiger partial charge in [-0.25, -0.2) is 0 Å². The Morgan fingerprint density at radius 2 is 1.86 bits per heavy atom. The molecule has 2 aromatic carbocycles. The molecule has 150 valence electrons. The van der Waals surface area contributed by atoms with E-state index in [-0.39, 0.29) is 5.91 Å². The number of hydrogen-bond donors (Lipinski definition) is 1. The number of carbonyl (C=O) groups is 1. The molecule has 6 nitrogen and oxygen atoms in total. The number of carbonyl (C=O) groups excluding carboxylic acids is 1. The summed E-state index contributed by atoms with van der Waals surface area (Å²) in [6.07, 6.45) is 0.890. The molecule has 0 atom stereocenters. The number of fused-ring (bicyclic) bond motifs is 1. The van der Waals surface area contributed by atoms with Crippen molar-refractivity contribution in [2.75, 3.05) is 13.7 Å². The molecule has 1 amide bonds. The van der Waals surface area contributed by atoms with E-state index < -0.39 is 0 Å². The second-order valence-electron chi connectivity index (χ2n) is 7.37. The fourth-order valence-electron chi connectivity index (χ4n) is 3.82. The number of nitrogens with one attached hydrogen (secondary N) is 1. The van der Waals surface area contributed by atoms with Crippen LogP contribution in [0.4, 0.5) is 0 Å². The third kappa shape index (κ3) is 4.32. The van der Waals surface area contributed by atoms with Crippen LogP contribution in [0.2, 0.25) is 0 Å². The van der Waals surface area contributed by atoms with Crippen molar-refractivity contribution in [3.05, 3.63) is 82.7 Å². The van der Waals surface area contributed by atoms with E-state index in [1.54, 1.807) is 7.11 Å². The van der Waals surface area contributed by atoms with Crippen molar-refractivity contribution >= 4 is 5.91 Å². The lowest BCUT2D eigenvalue weighted by Crippen LogP contribution is -2.32. The SMILES string of the molecule is COc1ccc(CN2CCc3c(c(C(=O)NCc4ccccc4)nn3C)C2)cc1. The number of amides is 1. The Hall–Kier alpha value is -3.12. The third-order valence-electron chi connectivity index (χ3n) is 5.40. The zero-order valence-electron chi connectivity index (χ0n) is 16.9. The molecule has 0 saturated carbocycles. The summed E-state index contributed by atoms with van der Waals surface area (Å²) in [5.41, 5.74) is 5.04. The summed E-state index contributed by atoms with van der Waals surface area (Å²) in [5.74, 6) is 0.747. The van der Waals surface area contributed by atoms with Gasteiger partial charge in [-0.15, -0.1) is 0 Å². The zero-order chi connectivity index (χ0) is 20.2. The summed E-state index contributed by atoms with van der Waals surface area (Å²) in [6.45, 7) is 3.01. The molecule has 0 radical (unpaired) electrons. The van der Waals surface area contributed by atoms with Gasteiger partial charge >= 0.3 is 0 Å². The predicted octanol–water partition coefficient (Wildman–Crippen LogP) is 2.92. The number of aromatic nitrogens is 2. The van der Waals surface area contributed by atoms with Crippen LogP contribution in [0.15, 0.2) is 54.6 Å². The van der Waals surface area contributed by atoms with Crippen LogP contribution >= 0.6 is 0 Å². The van der Waals surface area contributed by atoms with Crippen molar-refractivity contribution in [1.82, 2.24) is 20.0 Å². The summed E-state index contributed by atoms with van der Waals surface area (Å²) < 4.78 is 7.09. The van der Waals surface area contributed by atoms with E-state index in [0.717, 1.165) is 48.6 Å². The van der Waals surface area contributed by atoms with Gasteiger partial charge in [0.2, 0.25) is 0 Å². The van der Waals surface area contributed by atoms with E-state index in [9.17, 15) is 4.79 Å². The van der Waals surface area contributed by atoms with Crippen LogP contribution in [-0.4, -0.2) is 34.2 Å². The van der Waals surface area contributed by atoms with E-state index >= 15 is 0 Å². The summed E-state index contributed by atoms with van der Waals surface area (Å²) in [7, 11) is 3.60. The Labute approximate surface area is 171 Å². The van der Waals surface area contributed by atoms with Crippen molar-refractivity contribution in [3.8, 4) is 5.75 Å². The van der Waals surface area contributed by atoms with E-state index in [2.05, 4.69) is 27.4 Å². The summed E-state index contributed by atoms with van der Waals surface area (Å²) in [5, 5.41) is 7.54. The van der Waals surface area contributed by atoms with E-state index in [0.29, 0.717) is 12.2 Å². The van der Waals surface area contributed by atoms with E-state index in [1.165, 1.54) is 5.56 Å². The zero-order valence-corrected chi connectivity index (χ0v) is 16.9. The molecule has 6 heteroatoms. The molecule has 1 aliphatic rings. The Morgan fingerprint density at radius 1 is 1.10 bits per heavy atom. The Kier molecular flexibility index (Phi) is 5.62. The van der Waals surface area contributed by atoms with Gasteiger partial charge in [-0.05, 0) is 23.3 Å². The van der Waals surface area contributed by atoms with Gasteiger partial charge in [0.15, 0.2) is 5.69 Å². The maximum atomic E-state index is 12.8. The van der Waals surface area contributed by atoms with Gasteiger partial charge in [0.25, 0.3) is 5.91 Å². The molecule has 1 aliphatic heterocycles. The quantitative estimate of drug-likeness (QED) is 0.703. The van der Waals surface area contributed by atoms with Crippen LogP contribution < -0.4 is 10.1 Å². The molecule has 0 bridgehead atoms. The van der Waals surface area contributed by atoms with Gasteiger partial charge in [0.05, 0.1) is 7.11 Å². The number of ether oxygens (including phenoxy) is 1. The smallest absolute Gasteiger partial charge is 0.272 e. The fraction of sp³-hybridized carbons (Fsp3) is 0.304. The molecular weight excluding hydrogens is 364 g/mol. The molecule has 1 aromatic heterocycles. The predicted molar refractivity (Wildman–Crippen MR) is 112 cm³/mol. The molecule has 0 spiro atoms. The highest BCUT2D eigenvalue weighted by Gasteiger charge is 2.27. The Bertz CT molecular complexity index is 980. The fourth-order valence-corrected chi connectivity index (χ4v) is 3.82. The molecule has 0 fully saturated rings. The molecule has 1 N–H and O–H groups in total. The lowest BCUT2D eigenvalue weighted by atomic mass is 10.0. The van der Waals surface area contributed by atoms with Crippen LogP contribution in [0.5, 0.6) is 5.75 Å². The number of hydrogen-bond acceptors (Lipinski definition) is 4. The van der Waals surface area contributed by atoms with E-state index in [1.807, 2.05) is 54.2 Å². The highest BCUT2D eigenvalue weighted by Crippen LogP contribution is 2.24. The third-order valence-corrected chi connectivity index (χ3v) is 5.40. The first kappa shape index (κ1) is 19.2. The van der Waals surface area contributed by atoms with Crippen LogP contribution in [0, 0.1) is 0 Å². The molecule has 2 heterocycles. The topological polar surface area (TPSA) is 59.4 Å². The first-order valence-electron chi connectivity index (χ1n) is 9.86. The second kappa shape index (κ2) is 8.49. The van der Waals surface area contributed by atoms with Crippen molar-refractivity contribution in [1.29, 1.82) is 0 Å². The van der Waals surface area contributed by atoms with Gasteiger partial charge in [-0.2, -0.15) is 5.10 Å². The average molecular weight is 390 g/mol. The highest BCUT2D eigenvalue weighted by atomic mass is 16.5. The molecule has 0 unspecified atom stereocenters. The maximum absolute atomic E-state index is 12.8. The van der Waals surface area contributed by atoms with Gasteiger partial charge in [-0.1, -0.05) is 42.5 Å². The number of nitrogens with zero attached hydrogens (tertiary/aromatic N) is 3. The van der Waals surface area contributed by atoms with Crippen molar-refractivity contribution in [2.45, 2.75) is 26.1 Å². The molecule has 4 rings (SSSR count). The van der Waals surface area contributed by atoms with Crippen LogP contribution in [0.3, 0.4) is 0 Å². The molecule has 0 saturated heterocycles. The summed E-state index contributed by atoms with van der Waals surface area (Å²) in [4.78, 5) is 15.2. The molecule has 29 heavy (non-hydrogen) atoms. The van der Waals surface area contributed by atoms with Crippen molar-refractivity contribution < 1.29 is 9.53 Å². The number of methoxy groups -OCH3 is 1. The largest absolute Gasteiger partial charge is 0.497 e. The van der Waals surface area contributed by atoms with Crippen molar-refractivity contribution in [2.24, 2.45) is 7.05 Å². The average Bonchev–Trinajstić information content (AvgIpc) is 3.09. The van der Waals surface area contributed by atoms with Gasteiger partial charge in [0.1, 0.15) is 5.75 Å².